The molecule has 1 heterocycles. The third kappa shape index (κ3) is 1.84. The molecule has 0 radical (unpaired) electrons. The van der Waals surface area contributed by atoms with Gasteiger partial charge in [-0.05, 0) is 98.7 Å². The highest BCUT2D eigenvalue weighted by Crippen LogP contribution is 2.70. The van der Waals surface area contributed by atoms with Crippen molar-refractivity contribution in [2.75, 3.05) is 6.61 Å². The van der Waals surface area contributed by atoms with Crippen molar-refractivity contribution in [2.45, 2.75) is 96.5 Å². The van der Waals surface area contributed by atoms with Gasteiger partial charge in [-0.1, -0.05) is 26.7 Å². The van der Waals surface area contributed by atoms with Crippen molar-refractivity contribution in [2.24, 2.45) is 34.5 Å². The molecule has 0 N–H and O–H groups in total. The lowest BCUT2D eigenvalue weighted by atomic mass is 9.44. The Kier molecular flexibility index (Phi) is 3.31. The van der Waals surface area contributed by atoms with Gasteiger partial charge in [-0.15, -0.1) is 0 Å². The maximum atomic E-state index is 6.49. The van der Waals surface area contributed by atoms with Crippen molar-refractivity contribution in [3.63, 3.8) is 0 Å². The third-order valence-corrected chi connectivity index (χ3v) is 9.98. The number of hydrogen-bond donors (Lipinski definition) is 0. The molecule has 130 valence electrons. The van der Waals surface area contributed by atoms with Gasteiger partial charge < -0.3 is 4.74 Å². The Morgan fingerprint density at radius 3 is 2.43 bits per heavy atom. The normalized spacial score (nSPS) is 58.7. The van der Waals surface area contributed by atoms with Gasteiger partial charge in [0.25, 0.3) is 0 Å². The molecule has 1 nitrogen and oxygen atoms in total. The summed E-state index contributed by atoms with van der Waals surface area (Å²) in [4.78, 5) is 0. The fourth-order valence-electron chi connectivity index (χ4n) is 8.73. The first-order valence-electron chi connectivity index (χ1n) is 10.7. The molecule has 0 amide bonds. The largest absolute Gasteiger partial charge is 0.374 e. The molecule has 1 heteroatoms. The van der Waals surface area contributed by atoms with E-state index < -0.39 is 0 Å². The Labute approximate surface area is 142 Å². The van der Waals surface area contributed by atoms with Gasteiger partial charge in [0.2, 0.25) is 0 Å². The standard InChI is InChI=1S/C22H36O/c1-20-11-4-3-6-16(20)7-8-17-18(20)9-13-21(2)19(17)10-14-22(21)12-5-15-23-22/h16-19H,3-15H2,1-2H3/t16-,17-,18+,19+,20+,21+,22?/m1/s1. The van der Waals surface area contributed by atoms with Crippen LogP contribution in [0.25, 0.3) is 0 Å². The van der Waals surface area contributed by atoms with Crippen molar-refractivity contribution in [1.82, 2.24) is 0 Å². The molecule has 4 aliphatic carbocycles. The molecule has 5 fully saturated rings. The lowest BCUT2D eigenvalue weighted by Gasteiger charge is -2.61. The molecule has 0 aromatic heterocycles. The van der Waals surface area contributed by atoms with Crippen LogP contribution in [-0.4, -0.2) is 12.2 Å². The fourth-order valence-corrected chi connectivity index (χ4v) is 8.73. The predicted octanol–water partition coefficient (Wildman–Crippen LogP) is 5.97. The topological polar surface area (TPSA) is 9.23 Å². The highest BCUT2D eigenvalue weighted by molar-refractivity contribution is 5.15. The van der Waals surface area contributed by atoms with Gasteiger partial charge in [0, 0.05) is 6.61 Å². The van der Waals surface area contributed by atoms with E-state index in [2.05, 4.69) is 13.8 Å². The van der Waals surface area contributed by atoms with Gasteiger partial charge in [0.15, 0.2) is 0 Å². The Bertz CT molecular complexity index is 478. The Balaban J connectivity index is 1.47. The van der Waals surface area contributed by atoms with Crippen LogP contribution in [0.1, 0.15) is 90.9 Å². The zero-order valence-electron chi connectivity index (χ0n) is 15.4. The second kappa shape index (κ2) is 4.99. The molecule has 1 aliphatic heterocycles. The second-order valence-electron chi connectivity index (χ2n) is 10.3. The highest BCUT2D eigenvalue weighted by atomic mass is 16.5. The summed E-state index contributed by atoms with van der Waals surface area (Å²) in [5.74, 6) is 4.09. The van der Waals surface area contributed by atoms with Crippen LogP contribution in [0.15, 0.2) is 0 Å². The van der Waals surface area contributed by atoms with E-state index in [9.17, 15) is 0 Å². The molecule has 1 spiro atoms. The van der Waals surface area contributed by atoms with Crippen LogP contribution in [0.2, 0.25) is 0 Å². The molecule has 1 unspecified atom stereocenters. The van der Waals surface area contributed by atoms with Gasteiger partial charge >= 0.3 is 0 Å². The van der Waals surface area contributed by atoms with Crippen LogP contribution in [0, 0.1) is 34.5 Å². The van der Waals surface area contributed by atoms with Gasteiger partial charge in [-0.3, -0.25) is 0 Å². The van der Waals surface area contributed by atoms with Crippen molar-refractivity contribution < 1.29 is 4.74 Å². The minimum absolute atomic E-state index is 0.285. The average molecular weight is 317 g/mol. The highest BCUT2D eigenvalue weighted by Gasteiger charge is 2.65. The lowest BCUT2D eigenvalue weighted by Crippen LogP contribution is -2.56. The molecule has 5 aliphatic rings. The minimum Gasteiger partial charge on any atom is -0.374 e. The van der Waals surface area contributed by atoms with Crippen LogP contribution in [0.4, 0.5) is 0 Å². The summed E-state index contributed by atoms with van der Waals surface area (Å²) in [6.45, 7) is 6.38. The van der Waals surface area contributed by atoms with E-state index in [1.54, 1.807) is 6.42 Å². The number of ether oxygens (including phenoxy) is 1. The summed E-state index contributed by atoms with van der Waals surface area (Å²) in [5.41, 5.74) is 1.48. The molecular weight excluding hydrogens is 280 g/mol. The van der Waals surface area contributed by atoms with Crippen LogP contribution in [0.3, 0.4) is 0 Å². The molecule has 1 saturated heterocycles. The predicted molar refractivity (Wildman–Crippen MR) is 94.3 cm³/mol. The molecule has 0 bridgehead atoms. The molecule has 4 saturated carbocycles. The molecule has 23 heavy (non-hydrogen) atoms. The van der Waals surface area contributed by atoms with Gasteiger partial charge in [0.05, 0.1) is 5.60 Å². The smallest absolute Gasteiger partial charge is 0.0739 e. The van der Waals surface area contributed by atoms with E-state index in [0.717, 1.165) is 30.3 Å². The Morgan fingerprint density at radius 2 is 1.61 bits per heavy atom. The van der Waals surface area contributed by atoms with Crippen molar-refractivity contribution in [3.05, 3.63) is 0 Å². The first-order chi connectivity index (χ1) is 11.1. The quantitative estimate of drug-likeness (QED) is 0.535. The minimum atomic E-state index is 0.285. The van der Waals surface area contributed by atoms with E-state index in [1.807, 2.05) is 0 Å². The van der Waals surface area contributed by atoms with Crippen molar-refractivity contribution >= 4 is 0 Å². The van der Waals surface area contributed by atoms with E-state index in [1.165, 1.54) is 70.6 Å². The van der Waals surface area contributed by atoms with Gasteiger partial charge in [0.1, 0.15) is 0 Å². The van der Waals surface area contributed by atoms with Crippen molar-refractivity contribution in [1.29, 1.82) is 0 Å². The second-order valence-corrected chi connectivity index (χ2v) is 10.3. The zero-order chi connectivity index (χ0) is 15.7. The van der Waals surface area contributed by atoms with E-state index >= 15 is 0 Å². The first kappa shape index (κ1) is 15.2. The lowest BCUT2D eigenvalue weighted by molar-refractivity contribution is -0.155. The van der Waals surface area contributed by atoms with E-state index in [0.29, 0.717) is 10.8 Å². The Morgan fingerprint density at radius 1 is 0.739 bits per heavy atom. The molecule has 0 aromatic carbocycles. The molecule has 5 rings (SSSR count). The maximum Gasteiger partial charge on any atom is 0.0739 e. The first-order valence-corrected chi connectivity index (χ1v) is 10.7. The number of rotatable bonds is 0. The average Bonchev–Trinajstić information content (AvgIpc) is 3.14. The summed E-state index contributed by atoms with van der Waals surface area (Å²) < 4.78 is 6.49. The summed E-state index contributed by atoms with van der Waals surface area (Å²) >= 11 is 0. The molecule has 0 aromatic rings. The summed E-state index contributed by atoms with van der Waals surface area (Å²) in [6.07, 6.45) is 17.7. The zero-order valence-corrected chi connectivity index (χ0v) is 15.4. The van der Waals surface area contributed by atoms with Crippen LogP contribution in [0.5, 0.6) is 0 Å². The Hall–Kier alpha value is -0.0400. The third-order valence-electron chi connectivity index (χ3n) is 9.98. The van der Waals surface area contributed by atoms with Gasteiger partial charge in [-0.25, -0.2) is 0 Å². The van der Waals surface area contributed by atoms with Crippen LogP contribution in [-0.2, 0) is 4.74 Å². The SMILES string of the molecule is C[C@]12CCCC[C@@H]1CC[C@@H]1[C@@H]2CC[C@@]2(C)[C@H]1CCC21CCCO1. The van der Waals surface area contributed by atoms with Crippen LogP contribution < -0.4 is 0 Å². The maximum absolute atomic E-state index is 6.49. The van der Waals surface area contributed by atoms with Crippen molar-refractivity contribution in [3.8, 4) is 0 Å². The summed E-state index contributed by atoms with van der Waals surface area (Å²) in [7, 11) is 0. The number of hydrogen-bond acceptors (Lipinski definition) is 1. The van der Waals surface area contributed by atoms with E-state index in [4.69, 9.17) is 4.74 Å². The molecular formula is C22H36O. The summed E-state index contributed by atoms with van der Waals surface area (Å²) in [6, 6.07) is 0. The van der Waals surface area contributed by atoms with E-state index in [-0.39, 0.29) is 5.60 Å². The molecule has 7 atom stereocenters. The fraction of sp³-hybridized carbons (Fsp3) is 1.00. The monoisotopic (exact) mass is 316 g/mol. The van der Waals surface area contributed by atoms with Crippen LogP contribution >= 0.6 is 0 Å². The number of fused-ring (bicyclic) bond motifs is 6. The summed E-state index contributed by atoms with van der Waals surface area (Å²) in [5, 5.41) is 0. The van der Waals surface area contributed by atoms with Gasteiger partial charge in [-0.2, -0.15) is 0 Å².